The SMILES string of the molecule is CCc1ccsc1CNC(=O)c1cc(N)cn1CC. The number of nitrogens with two attached hydrogens (primary N) is 1. The van der Waals surface area contributed by atoms with Crippen LogP contribution in [-0.2, 0) is 19.5 Å². The van der Waals surface area contributed by atoms with Crippen LogP contribution in [0.2, 0.25) is 0 Å². The lowest BCUT2D eigenvalue weighted by Gasteiger charge is -2.07. The summed E-state index contributed by atoms with van der Waals surface area (Å²) in [6, 6.07) is 3.83. The van der Waals surface area contributed by atoms with Crippen molar-refractivity contribution < 1.29 is 4.79 Å². The molecule has 3 N–H and O–H groups in total. The van der Waals surface area contributed by atoms with Crippen molar-refractivity contribution in [1.82, 2.24) is 9.88 Å². The Morgan fingerprint density at radius 1 is 1.47 bits per heavy atom. The van der Waals surface area contributed by atoms with Crippen LogP contribution in [0.15, 0.2) is 23.7 Å². The van der Waals surface area contributed by atoms with Crippen LogP contribution in [0.3, 0.4) is 0 Å². The van der Waals surface area contributed by atoms with Gasteiger partial charge in [0, 0.05) is 17.6 Å². The van der Waals surface area contributed by atoms with Gasteiger partial charge >= 0.3 is 0 Å². The zero-order chi connectivity index (χ0) is 13.8. The third-order valence-electron chi connectivity index (χ3n) is 3.12. The van der Waals surface area contributed by atoms with Crippen LogP contribution in [-0.4, -0.2) is 10.5 Å². The highest BCUT2D eigenvalue weighted by atomic mass is 32.1. The van der Waals surface area contributed by atoms with Crippen LogP contribution < -0.4 is 11.1 Å². The van der Waals surface area contributed by atoms with Gasteiger partial charge in [-0.3, -0.25) is 4.79 Å². The molecule has 0 aliphatic carbocycles. The molecule has 0 aliphatic rings. The summed E-state index contributed by atoms with van der Waals surface area (Å²) in [6.07, 6.45) is 2.78. The standard InChI is InChI=1S/C14H19N3OS/c1-3-10-5-6-19-13(10)8-16-14(18)12-7-11(15)9-17(12)4-2/h5-7,9H,3-4,8,15H2,1-2H3,(H,16,18). The van der Waals surface area contributed by atoms with Gasteiger partial charge in [0.1, 0.15) is 5.69 Å². The number of hydrogen-bond acceptors (Lipinski definition) is 3. The minimum Gasteiger partial charge on any atom is -0.397 e. The molecule has 0 bridgehead atoms. The second-order valence-corrected chi connectivity index (χ2v) is 5.35. The van der Waals surface area contributed by atoms with Gasteiger partial charge in [-0.25, -0.2) is 0 Å². The number of nitrogens with one attached hydrogen (secondary N) is 1. The van der Waals surface area contributed by atoms with Gasteiger partial charge in [0.25, 0.3) is 5.91 Å². The lowest BCUT2D eigenvalue weighted by Crippen LogP contribution is -2.25. The maximum absolute atomic E-state index is 12.1. The van der Waals surface area contributed by atoms with Gasteiger partial charge in [0.05, 0.1) is 12.2 Å². The number of thiophene rings is 1. The fourth-order valence-corrected chi connectivity index (χ4v) is 2.99. The molecule has 0 unspecified atom stereocenters. The highest BCUT2D eigenvalue weighted by Crippen LogP contribution is 2.17. The Morgan fingerprint density at radius 3 is 2.95 bits per heavy atom. The minimum atomic E-state index is -0.0750. The number of aromatic nitrogens is 1. The van der Waals surface area contributed by atoms with E-state index in [0.29, 0.717) is 17.9 Å². The van der Waals surface area contributed by atoms with E-state index in [-0.39, 0.29) is 5.91 Å². The van der Waals surface area contributed by atoms with E-state index in [4.69, 9.17) is 5.73 Å². The van der Waals surface area contributed by atoms with Crippen molar-refractivity contribution in [3.05, 3.63) is 39.8 Å². The van der Waals surface area contributed by atoms with Crippen molar-refractivity contribution in [2.75, 3.05) is 5.73 Å². The molecule has 2 heterocycles. The number of aryl methyl sites for hydroxylation is 2. The zero-order valence-electron chi connectivity index (χ0n) is 11.3. The van der Waals surface area contributed by atoms with E-state index in [2.05, 4.69) is 23.7 Å². The molecule has 4 nitrogen and oxygen atoms in total. The molecule has 2 aromatic rings. The Kier molecular flexibility index (Phi) is 4.27. The molecule has 2 aromatic heterocycles. The third-order valence-corrected chi connectivity index (χ3v) is 4.08. The lowest BCUT2D eigenvalue weighted by molar-refractivity contribution is 0.0942. The first-order valence-electron chi connectivity index (χ1n) is 6.44. The Labute approximate surface area is 117 Å². The Hall–Kier alpha value is -1.75. The van der Waals surface area contributed by atoms with Crippen molar-refractivity contribution in [1.29, 1.82) is 0 Å². The number of rotatable bonds is 5. The van der Waals surface area contributed by atoms with Crippen molar-refractivity contribution >= 4 is 22.9 Å². The molecule has 0 aromatic carbocycles. The van der Waals surface area contributed by atoms with Gasteiger partial charge in [0.15, 0.2) is 0 Å². The number of carbonyl (C=O) groups is 1. The predicted molar refractivity (Wildman–Crippen MR) is 79.4 cm³/mol. The number of nitrogens with zero attached hydrogens (tertiary/aromatic N) is 1. The van der Waals surface area contributed by atoms with Crippen LogP contribution in [0.4, 0.5) is 5.69 Å². The number of hydrogen-bond donors (Lipinski definition) is 2. The maximum atomic E-state index is 12.1. The minimum absolute atomic E-state index is 0.0750. The van der Waals surface area contributed by atoms with E-state index in [0.717, 1.165) is 13.0 Å². The largest absolute Gasteiger partial charge is 0.397 e. The highest BCUT2D eigenvalue weighted by Gasteiger charge is 2.12. The Bertz CT molecular complexity index is 571. The summed E-state index contributed by atoms with van der Waals surface area (Å²) in [5, 5.41) is 5.02. The molecule has 0 radical (unpaired) electrons. The predicted octanol–water partition coefficient (Wildman–Crippen LogP) is 2.64. The number of nitrogen functional groups attached to an aromatic ring is 1. The maximum Gasteiger partial charge on any atom is 0.268 e. The quantitative estimate of drug-likeness (QED) is 0.882. The van der Waals surface area contributed by atoms with E-state index in [1.54, 1.807) is 23.6 Å². The molecular formula is C14H19N3OS. The molecular weight excluding hydrogens is 258 g/mol. The summed E-state index contributed by atoms with van der Waals surface area (Å²) in [5.41, 5.74) is 8.27. The normalized spacial score (nSPS) is 10.6. The molecule has 0 atom stereocenters. The molecule has 0 saturated heterocycles. The van der Waals surface area contributed by atoms with Crippen molar-refractivity contribution in [3.63, 3.8) is 0 Å². The van der Waals surface area contributed by atoms with Crippen LogP contribution in [0.5, 0.6) is 0 Å². The third kappa shape index (κ3) is 2.98. The molecule has 0 aliphatic heterocycles. The fourth-order valence-electron chi connectivity index (χ4n) is 2.07. The fraction of sp³-hybridized carbons (Fsp3) is 0.357. The van der Waals surface area contributed by atoms with E-state index >= 15 is 0 Å². The molecule has 5 heteroatoms. The zero-order valence-corrected chi connectivity index (χ0v) is 12.1. The lowest BCUT2D eigenvalue weighted by atomic mass is 10.2. The number of anilines is 1. The first-order chi connectivity index (χ1) is 9.15. The Morgan fingerprint density at radius 2 is 2.26 bits per heavy atom. The monoisotopic (exact) mass is 277 g/mol. The number of amides is 1. The van der Waals surface area contributed by atoms with E-state index in [9.17, 15) is 4.79 Å². The van der Waals surface area contributed by atoms with Crippen molar-refractivity contribution in [2.24, 2.45) is 0 Å². The molecule has 102 valence electrons. The molecule has 0 saturated carbocycles. The number of carbonyl (C=O) groups excluding carboxylic acids is 1. The van der Waals surface area contributed by atoms with Gasteiger partial charge in [-0.15, -0.1) is 11.3 Å². The molecule has 0 spiro atoms. The van der Waals surface area contributed by atoms with Crippen LogP contribution in [0.25, 0.3) is 0 Å². The Balaban J connectivity index is 2.05. The first kappa shape index (κ1) is 13.7. The van der Waals surface area contributed by atoms with Crippen LogP contribution in [0, 0.1) is 0 Å². The van der Waals surface area contributed by atoms with E-state index in [1.165, 1.54) is 10.4 Å². The summed E-state index contributed by atoms with van der Waals surface area (Å²) >= 11 is 1.68. The van der Waals surface area contributed by atoms with Gasteiger partial charge in [-0.1, -0.05) is 6.92 Å². The molecule has 2 rings (SSSR count). The van der Waals surface area contributed by atoms with E-state index < -0.39 is 0 Å². The molecule has 19 heavy (non-hydrogen) atoms. The van der Waals surface area contributed by atoms with Gasteiger partial charge in [-0.2, -0.15) is 0 Å². The second kappa shape index (κ2) is 5.93. The molecule has 0 fully saturated rings. The topological polar surface area (TPSA) is 60.1 Å². The summed E-state index contributed by atoms with van der Waals surface area (Å²) in [4.78, 5) is 13.4. The van der Waals surface area contributed by atoms with Crippen LogP contribution in [0.1, 0.15) is 34.8 Å². The average Bonchev–Trinajstić information content (AvgIpc) is 3.01. The summed E-state index contributed by atoms with van der Waals surface area (Å²) in [5.74, 6) is -0.0750. The second-order valence-electron chi connectivity index (χ2n) is 4.35. The van der Waals surface area contributed by atoms with Crippen LogP contribution >= 0.6 is 11.3 Å². The van der Waals surface area contributed by atoms with Gasteiger partial charge in [-0.05, 0) is 36.4 Å². The summed E-state index contributed by atoms with van der Waals surface area (Å²) in [6.45, 7) is 5.43. The van der Waals surface area contributed by atoms with Crippen molar-refractivity contribution in [2.45, 2.75) is 33.4 Å². The smallest absolute Gasteiger partial charge is 0.268 e. The average molecular weight is 277 g/mol. The summed E-state index contributed by atoms with van der Waals surface area (Å²) < 4.78 is 1.86. The van der Waals surface area contributed by atoms with Crippen molar-refractivity contribution in [3.8, 4) is 0 Å². The van der Waals surface area contributed by atoms with E-state index in [1.807, 2.05) is 11.5 Å². The first-order valence-corrected chi connectivity index (χ1v) is 7.32. The molecule has 1 amide bonds. The summed E-state index contributed by atoms with van der Waals surface area (Å²) in [7, 11) is 0. The van der Waals surface area contributed by atoms with Gasteiger partial charge in [0.2, 0.25) is 0 Å². The highest BCUT2D eigenvalue weighted by molar-refractivity contribution is 7.10. The van der Waals surface area contributed by atoms with Gasteiger partial charge < -0.3 is 15.6 Å².